The van der Waals surface area contributed by atoms with Gasteiger partial charge < -0.3 is 14.8 Å². The van der Waals surface area contributed by atoms with Gasteiger partial charge in [-0.15, -0.1) is 0 Å². The van der Waals surface area contributed by atoms with Crippen molar-refractivity contribution in [2.75, 3.05) is 11.9 Å². The number of hydrogen-bond acceptors (Lipinski definition) is 4. The largest absolute Gasteiger partial charge is 0.486 e. The van der Waals surface area contributed by atoms with Gasteiger partial charge in [-0.2, -0.15) is 5.10 Å². The molecule has 6 heteroatoms. The van der Waals surface area contributed by atoms with Crippen molar-refractivity contribution in [2.45, 2.75) is 31.9 Å². The number of para-hydroxylation sites is 2. The number of carbonyl (C=O) groups is 1. The number of nitrogens with one attached hydrogen (secondary N) is 1. The van der Waals surface area contributed by atoms with Crippen LogP contribution < -0.4 is 14.8 Å². The fourth-order valence-electron chi connectivity index (χ4n) is 2.69. The van der Waals surface area contributed by atoms with Crippen LogP contribution in [0, 0.1) is 5.92 Å². The third-order valence-electron chi connectivity index (χ3n) is 4.05. The summed E-state index contributed by atoms with van der Waals surface area (Å²) in [7, 11) is 0. The first-order chi connectivity index (χ1) is 11.3. The average molecular weight is 313 g/mol. The summed E-state index contributed by atoms with van der Waals surface area (Å²) in [4.78, 5) is 11.8. The van der Waals surface area contributed by atoms with Crippen LogP contribution in [0.2, 0.25) is 0 Å². The number of amides is 1. The molecule has 1 amide bonds. The lowest BCUT2D eigenvalue weighted by atomic mass is 10.2. The second-order valence-electron chi connectivity index (χ2n) is 6.14. The molecule has 1 aromatic carbocycles. The Bertz CT molecular complexity index is 709. The highest BCUT2D eigenvalue weighted by atomic mass is 16.6. The lowest BCUT2D eigenvalue weighted by Crippen LogP contribution is -2.33. The molecule has 2 aliphatic rings. The van der Waals surface area contributed by atoms with Gasteiger partial charge in [0.05, 0.1) is 18.4 Å². The van der Waals surface area contributed by atoms with Crippen LogP contribution in [0.15, 0.2) is 36.7 Å². The Kier molecular flexibility index (Phi) is 3.65. The van der Waals surface area contributed by atoms with Crippen molar-refractivity contribution in [3.63, 3.8) is 0 Å². The molecule has 1 saturated carbocycles. The zero-order valence-corrected chi connectivity index (χ0v) is 12.8. The molecule has 2 heterocycles. The van der Waals surface area contributed by atoms with Crippen LogP contribution in [-0.2, 0) is 11.3 Å². The maximum atomic E-state index is 11.8. The molecule has 120 valence electrons. The molecule has 0 spiro atoms. The van der Waals surface area contributed by atoms with E-state index in [4.69, 9.17) is 9.47 Å². The van der Waals surface area contributed by atoms with E-state index in [2.05, 4.69) is 10.4 Å². The number of ether oxygens (including phenoxy) is 2. The monoisotopic (exact) mass is 313 g/mol. The zero-order valence-electron chi connectivity index (χ0n) is 12.8. The van der Waals surface area contributed by atoms with Crippen molar-refractivity contribution >= 4 is 11.6 Å². The SMILES string of the molecule is O=C(CC1CC1)Nc1cnn(CC2COc3ccccc3O2)c1. The van der Waals surface area contributed by atoms with Crippen LogP contribution in [0.1, 0.15) is 19.3 Å². The van der Waals surface area contributed by atoms with E-state index in [1.165, 1.54) is 12.8 Å². The number of fused-ring (bicyclic) bond motifs is 1. The number of nitrogens with zero attached hydrogens (tertiary/aromatic N) is 2. The molecule has 1 aliphatic carbocycles. The van der Waals surface area contributed by atoms with Gasteiger partial charge in [-0.1, -0.05) is 12.1 Å². The summed E-state index contributed by atoms with van der Waals surface area (Å²) in [5.74, 6) is 2.18. The summed E-state index contributed by atoms with van der Waals surface area (Å²) >= 11 is 0. The standard InChI is InChI=1S/C17H19N3O3/c21-17(7-12-5-6-12)19-13-8-18-20(9-13)10-14-11-22-15-3-1-2-4-16(15)23-14/h1-4,8-9,12,14H,5-7,10-11H2,(H,19,21). The minimum atomic E-state index is -0.0974. The topological polar surface area (TPSA) is 65.4 Å². The fraction of sp³-hybridized carbons (Fsp3) is 0.412. The molecule has 1 atom stereocenters. The molecule has 1 fully saturated rings. The molecule has 23 heavy (non-hydrogen) atoms. The summed E-state index contributed by atoms with van der Waals surface area (Å²) in [6.07, 6.45) is 6.36. The quantitative estimate of drug-likeness (QED) is 0.921. The number of aromatic nitrogens is 2. The van der Waals surface area contributed by atoms with E-state index in [9.17, 15) is 4.79 Å². The van der Waals surface area contributed by atoms with Crippen molar-refractivity contribution in [1.82, 2.24) is 9.78 Å². The van der Waals surface area contributed by atoms with E-state index in [0.29, 0.717) is 25.5 Å². The summed E-state index contributed by atoms with van der Waals surface area (Å²) in [6, 6.07) is 7.64. The summed E-state index contributed by atoms with van der Waals surface area (Å²) in [6.45, 7) is 1.06. The predicted octanol–water partition coefficient (Wildman–Crippen LogP) is 2.46. The van der Waals surface area contributed by atoms with Gasteiger partial charge in [0.15, 0.2) is 17.6 Å². The van der Waals surface area contributed by atoms with Crippen LogP contribution in [0.5, 0.6) is 11.5 Å². The maximum absolute atomic E-state index is 11.8. The van der Waals surface area contributed by atoms with E-state index in [0.717, 1.165) is 17.2 Å². The van der Waals surface area contributed by atoms with E-state index in [1.54, 1.807) is 10.9 Å². The number of anilines is 1. The minimum absolute atomic E-state index is 0.0678. The second-order valence-corrected chi connectivity index (χ2v) is 6.14. The fourth-order valence-corrected chi connectivity index (χ4v) is 2.69. The molecule has 0 radical (unpaired) electrons. The molecular formula is C17H19N3O3. The highest BCUT2D eigenvalue weighted by molar-refractivity contribution is 5.90. The Balaban J connectivity index is 1.34. The van der Waals surface area contributed by atoms with Gasteiger partial charge >= 0.3 is 0 Å². The van der Waals surface area contributed by atoms with Gasteiger partial charge in [-0.25, -0.2) is 0 Å². The Morgan fingerprint density at radius 2 is 2.13 bits per heavy atom. The van der Waals surface area contributed by atoms with Crippen molar-refractivity contribution in [1.29, 1.82) is 0 Å². The number of carbonyl (C=O) groups excluding carboxylic acids is 1. The Hall–Kier alpha value is -2.50. The summed E-state index contributed by atoms with van der Waals surface area (Å²) in [5, 5.41) is 7.17. The molecule has 1 N–H and O–H groups in total. The third-order valence-corrected chi connectivity index (χ3v) is 4.05. The Labute approximate surface area is 134 Å². The van der Waals surface area contributed by atoms with Crippen LogP contribution in [0.3, 0.4) is 0 Å². The zero-order chi connectivity index (χ0) is 15.6. The first-order valence-corrected chi connectivity index (χ1v) is 7.97. The van der Waals surface area contributed by atoms with Crippen LogP contribution in [0.25, 0.3) is 0 Å². The molecule has 1 aliphatic heterocycles. The molecular weight excluding hydrogens is 294 g/mol. The lowest BCUT2D eigenvalue weighted by molar-refractivity contribution is -0.116. The Morgan fingerprint density at radius 1 is 1.30 bits per heavy atom. The molecule has 1 aromatic heterocycles. The molecule has 6 nitrogen and oxygen atoms in total. The molecule has 1 unspecified atom stereocenters. The normalized spacial score (nSPS) is 19.4. The number of rotatable bonds is 5. The number of benzene rings is 1. The second kappa shape index (κ2) is 5.95. The van der Waals surface area contributed by atoms with Crippen LogP contribution in [-0.4, -0.2) is 28.4 Å². The molecule has 2 aromatic rings. The van der Waals surface area contributed by atoms with Gasteiger partial charge in [-0.3, -0.25) is 9.48 Å². The van der Waals surface area contributed by atoms with E-state index < -0.39 is 0 Å². The first kappa shape index (κ1) is 14.1. The average Bonchev–Trinajstić information content (AvgIpc) is 3.26. The van der Waals surface area contributed by atoms with Gasteiger partial charge in [-0.05, 0) is 30.9 Å². The highest BCUT2D eigenvalue weighted by Gasteiger charge is 2.25. The van der Waals surface area contributed by atoms with E-state index >= 15 is 0 Å². The van der Waals surface area contributed by atoms with Crippen molar-refractivity contribution < 1.29 is 14.3 Å². The van der Waals surface area contributed by atoms with Gasteiger partial charge in [0, 0.05) is 12.6 Å². The van der Waals surface area contributed by atoms with Crippen LogP contribution >= 0.6 is 0 Å². The van der Waals surface area contributed by atoms with Crippen LogP contribution in [0.4, 0.5) is 5.69 Å². The van der Waals surface area contributed by atoms with Crippen molar-refractivity contribution in [3.8, 4) is 11.5 Å². The number of hydrogen-bond donors (Lipinski definition) is 1. The maximum Gasteiger partial charge on any atom is 0.224 e. The van der Waals surface area contributed by atoms with Gasteiger partial charge in [0.1, 0.15) is 6.61 Å². The predicted molar refractivity (Wildman–Crippen MR) is 84.6 cm³/mol. The lowest BCUT2D eigenvalue weighted by Gasteiger charge is -2.26. The highest BCUT2D eigenvalue weighted by Crippen LogP contribution is 2.33. The van der Waals surface area contributed by atoms with Gasteiger partial charge in [0.25, 0.3) is 0 Å². The Morgan fingerprint density at radius 3 is 2.96 bits per heavy atom. The van der Waals surface area contributed by atoms with E-state index in [1.807, 2.05) is 30.5 Å². The smallest absolute Gasteiger partial charge is 0.224 e. The van der Waals surface area contributed by atoms with E-state index in [-0.39, 0.29) is 12.0 Å². The molecule has 0 saturated heterocycles. The third kappa shape index (κ3) is 3.47. The first-order valence-electron chi connectivity index (χ1n) is 7.97. The summed E-state index contributed by atoms with van der Waals surface area (Å²) < 4.78 is 13.4. The summed E-state index contributed by atoms with van der Waals surface area (Å²) in [5.41, 5.74) is 0.729. The molecule has 0 bridgehead atoms. The minimum Gasteiger partial charge on any atom is -0.486 e. The van der Waals surface area contributed by atoms with Gasteiger partial charge in [0.2, 0.25) is 5.91 Å². The van der Waals surface area contributed by atoms with Crippen molar-refractivity contribution in [2.24, 2.45) is 5.92 Å². The van der Waals surface area contributed by atoms with Crippen molar-refractivity contribution in [3.05, 3.63) is 36.7 Å². The molecule has 4 rings (SSSR count).